The third-order valence-electron chi connectivity index (χ3n) is 5.41. The van der Waals surface area contributed by atoms with Crippen LogP contribution in [0, 0.1) is 11.8 Å². The molecule has 0 unspecified atom stereocenters. The van der Waals surface area contributed by atoms with Gasteiger partial charge in [0.2, 0.25) is 6.29 Å². The fourth-order valence-electron chi connectivity index (χ4n) is 3.91. The van der Waals surface area contributed by atoms with Crippen molar-refractivity contribution in [1.29, 1.82) is 0 Å². The van der Waals surface area contributed by atoms with Crippen molar-refractivity contribution < 1.29 is 54.0 Å². The third kappa shape index (κ3) is 3.89. The number of aliphatic hydroxyl groups excluding tert-OH is 5. The van der Waals surface area contributed by atoms with Crippen LogP contribution in [0.1, 0.15) is 13.3 Å². The van der Waals surface area contributed by atoms with Crippen LogP contribution in [-0.2, 0) is 28.5 Å². The molecule has 11 nitrogen and oxygen atoms in total. The molecule has 0 aliphatic carbocycles. The second-order valence-corrected chi connectivity index (χ2v) is 7.12. The highest BCUT2D eigenvalue weighted by Gasteiger charge is 2.51. The first-order valence-electron chi connectivity index (χ1n) is 9.01. The van der Waals surface area contributed by atoms with Crippen molar-refractivity contribution in [2.75, 3.05) is 13.7 Å². The van der Waals surface area contributed by atoms with Crippen molar-refractivity contribution in [3.05, 3.63) is 11.8 Å². The quantitative estimate of drug-likeness (QED) is 0.315. The Balaban J connectivity index is 1.81. The van der Waals surface area contributed by atoms with Crippen molar-refractivity contribution in [2.45, 2.75) is 62.7 Å². The maximum absolute atomic E-state index is 12.1. The van der Waals surface area contributed by atoms with Gasteiger partial charge in [-0.25, -0.2) is 4.79 Å². The number of rotatable bonds is 4. The topological polar surface area (TPSA) is 164 Å². The Morgan fingerprint density at radius 1 is 1.14 bits per heavy atom. The molecule has 0 radical (unpaired) electrons. The Morgan fingerprint density at radius 2 is 1.86 bits per heavy atom. The molecule has 5 N–H and O–H groups in total. The Kier molecular flexibility index (Phi) is 6.57. The summed E-state index contributed by atoms with van der Waals surface area (Å²) < 4.78 is 26.8. The van der Waals surface area contributed by atoms with Crippen molar-refractivity contribution in [3.63, 3.8) is 0 Å². The predicted octanol–water partition coefficient (Wildman–Crippen LogP) is -2.42. The molecule has 0 spiro atoms. The van der Waals surface area contributed by atoms with E-state index in [1.165, 1.54) is 13.4 Å². The van der Waals surface area contributed by atoms with E-state index in [0.29, 0.717) is 0 Å². The van der Waals surface area contributed by atoms with Crippen LogP contribution >= 0.6 is 0 Å². The van der Waals surface area contributed by atoms with Gasteiger partial charge in [0, 0.05) is 12.3 Å². The van der Waals surface area contributed by atoms with Crippen molar-refractivity contribution in [1.82, 2.24) is 0 Å². The first kappa shape index (κ1) is 21.4. The second-order valence-electron chi connectivity index (χ2n) is 7.12. The number of methoxy groups -OCH3 is 1. The molecule has 3 rings (SSSR count). The molecule has 11 heteroatoms. The van der Waals surface area contributed by atoms with Gasteiger partial charge in [-0.3, -0.25) is 0 Å². The summed E-state index contributed by atoms with van der Waals surface area (Å²) in [6.45, 7) is 1.08. The Bertz CT molecular complexity index is 594. The summed E-state index contributed by atoms with van der Waals surface area (Å²) in [5.41, 5.74) is 0.218. The Hall–Kier alpha value is -1.31. The van der Waals surface area contributed by atoms with Crippen LogP contribution in [0.25, 0.3) is 0 Å². The molecule has 28 heavy (non-hydrogen) atoms. The monoisotopic (exact) mass is 406 g/mol. The van der Waals surface area contributed by atoms with E-state index in [-0.39, 0.29) is 12.0 Å². The second kappa shape index (κ2) is 8.59. The number of carbonyl (C=O) groups excluding carboxylic acids is 1. The Labute approximate surface area is 161 Å². The first-order chi connectivity index (χ1) is 13.3. The molecule has 3 aliphatic heterocycles. The number of carbonyl (C=O) groups is 1. The summed E-state index contributed by atoms with van der Waals surface area (Å²) >= 11 is 0. The van der Waals surface area contributed by atoms with Gasteiger partial charge in [0.15, 0.2) is 12.6 Å². The molecule has 3 aliphatic rings. The van der Waals surface area contributed by atoms with Crippen LogP contribution in [0.5, 0.6) is 0 Å². The highest BCUT2D eigenvalue weighted by molar-refractivity contribution is 5.88. The van der Waals surface area contributed by atoms with Crippen LogP contribution in [0.4, 0.5) is 0 Å². The van der Waals surface area contributed by atoms with Gasteiger partial charge in [0.25, 0.3) is 0 Å². The van der Waals surface area contributed by atoms with Crippen LogP contribution < -0.4 is 0 Å². The van der Waals surface area contributed by atoms with Crippen molar-refractivity contribution in [3.8, 4) is 0 Å². The lowest BCUT2D eigenvalue weighted by Crippen LogP contribution is -2.61. The van der Waals surface area contributed by atoms with Gasteiger partial charge in [0.05, 0.1) is 37.6 Å². The first-order valence-corrected chi connectivity index (χ1v) is 9.01. The molecule has 3 heterocycles. The normalized spacial score (nSPS) is 46.2. The number of aliphatic hydroxyl groups is 5. The lowest BCUT2D eigenvalue weighted by molar-refractivity contribution is -0.352. The van der Waals surface area contributed by atoms with Crippen LogP contribution in [0.3, 0.4) is 0 Å². The molecule has 0 aromatic carbocycles. The minimum Gasteiger partial charge on any atom is -0.471 e. The zero-order valence-electron chi connectivity index (χ0n) is 15.5. The minimum absolute atomic E-state index is 0.105. The number of hydrogen-bond donors (Lipinski definition) is 5. The minimum atomic E-state index is -1.60. The zero-order valence-corrected chi connectivity index (χ0v) is 15.5. The van der Waals surface area contributed by atoms with Gasteiger partial charge in [-0.1, -0.05) is 0 Å². The maximum Gasteiger partial charge on any atom is 0.337 e. The van der Waals surface area contributed by atoms with E-state index in [1.54, 1.807) is 6.92 Å². The smallest absolute Gasteiger partial charge is 0.337 e. The van der Waals surface area contributed by atoms with E-state index in [9.17, 15) is 30.3 Å². The average Bonchev–Trinajstić information content (AvgIpc) is 2.67. The average molecular weight is 406 g/mol. The molecule has 2 saturated heterocycles. The maximum atomic E-state index is 12.1. The van der Waals surface area contributed by atoms with E-state index in [2.05, 4.69) is 0 Å². The van der Waals surface area contributed by atoms with Gasteiger partial charge in [-0.15, -0.1) is 0 Å². The molecule has 160 valence electrons. The number of fused-ring (bicyclic) bond motifs is 1. The van der Waals surface area contributed by atoms with Crippen molar-refractivity contribution in [2.24, 2.45) is 11.8 Å². The van der Waals surface area contributed by atoms with E-state index < -0.39 is 73.8 Å². The predicted molar refractivity (Wildman–Crippen MR) is 88.0 cm³/mol. The van der Waals surface area contributed by atoms with Gasteiger partial charge in [-0.05, 0) is 6.92 Å². The molecule has 0 aromatic heterocycles. The van der Waals surface area contributed by atoms with E-state index >= 15 is 0 Å². The molecule has 2 fully saturated rings. The van der Waals surface area contributed by atoms with Crippen LogP contribution in [-0.4, -0.2) is 94.6 Å². The number of ether oxygens (including phenoxy) is 5. The lowest BCUT2D eigenvalue weighted by atomic mass is 9.77. The Morgan fingerprint density at radius 3 is 2.50 bits per heavy atom. The van der Waals surface area contributed by atoms with E-state index in [1.807, 2.05) is 0 Å². The molecule has 10 atom stereocenters. The summed E-state index contributed by atoms with van der Waals surface area (Å²) in [7, 11) is 1.23. The molecule has 0 amide bonds. The standard InChI is InChI=1S/C17H26O11/c1-6-11-7(3-10(19)26-6)8(15(23)24-2)5-25-16(11)28-17-14(22)13(21)12(20)9(4-18)27-17/h5-7,9-14,16-22H,3-4H2,1-2H3/t6-,7+,9-,10-,11-,12-,13-,14-,16+,17-/m1/s1. The summed E-state index contributed by atoms with van der Waals surface area (Å²) in [4.78, 5) is 12.1. The molecule has 0 saturated carbocycles. The van der Waals surface area contributed by atoms with Gasteiger partial charge in [0.1, 0.15) is 24.4 Å². The van der Waals surface area contributed by atoms with Crippen LogP contribution in [0.2, 0.25) is 0 Å². The third-order valence-corrected chi connectivity index (χ3v) is 5.41. The van der Waals surface area contributed by atoms with Crippen molar-refractivity contribution >= 4 is 5.97 Å². The van der Waals surface area contributed by atoms with E-state index in [0.717, 1.165) is 0 Å². The molecular weight excluding hydrogens is 380 g/mol. The highest BCUT2D eigenvalue weighted by atomic mass is 16.8. The van der Waals surface area contributed by atoms with E-state index in [4.69, 9.17) is 23.7 Å². The summed E-state index contributed by atoms with van der Waals surface area (Å²) in [6.07, 6.45) is -8.71. The van der Waals surface area contributed by atoms with Gasteiger partial charge < -0.3 is 49.2 Å². The summed E-state index contributed by atoms with van der Waals surface area (Å²) in [5, 5.41) is 49.2. The van der Waals surface area contributed by atoms with Crippen LogP contribution in [0.15, 0.2) is 11.8 Å². The van der Waals surface area contributed by atoms with Gasteiger partial charge >= 0.3 is 5.97 Å². The summed E-state index contributed by atoms with van der Waals surface area (Å²) in [5.74, 6) is -1.67. The summed E-state index contributed by atoms with van der Waals surface area (Å²) in [6, 6.07) is 0. The van der Waals surface area contributed by atoms with Gasteiger partial charge in [-0.2, -0.15) is 0 Å². The SMILES string of the molecule is COC(=O)C1=CO[C@@H](O[C@H]2O[C@H](CO)[C@@H](O)[C@@H](O)[C@H]2O)[C@@H]2[C@@H](C)O[C@@H](O)C[C@@H]12. The molecular formula is C17H26O11. The number of esters is 1. The number of hydrogen-bond acceptors (Lipinski definition) is 11. The zero-order chi connectivity index (χ0) is 20.6. The molecule has 0 bridgehead atoms. The largest absolute Gasteiger partial charge is 0.471 e. The fraction of sp³-hybridized carbons (Fsp3) is 0.824. The fourth-order valence-corrected chi connectivity index (χ4v) is 3.91. The lowest BCUT2D eigenvalue weighted by Gasteiger charge is -2.47. The highest BCUT2D eigenvalue weighted by Crippen LogP contribution is 2.42. The molecule has 0 aromatic rings.